The third-order valence-corrected chi connectivity index (χ3v) is 1.02. The van der Waals surface area contributed by atoms with Gasteiger partial charge in [0.25, 0.3) is 0 Å². The van der Waals surface area contributed by atoms with Gasteiger partial charge in [0, 0.05) is 4.48 Å². The molecule has 0 aliphatic rings. The highest BCUT2D eigenvalue weighted by atomic mass is 79.9. The molecule has 0 bridgehead atoms. The second-order valence-corrected chi connectivity index (χ2v) is 2.63. The van der Waals surface area contributed by atoms with Crippen LogP contribution in [0.2, 0.25) is 0 Å². The molecule has 3 heteroatoms. The average molecular weight is 207 g/mol. The SMILES string of the molecule is C=C(Br)/C=C(O)\C(F)=C/C. The second-order valence-electron chi connectivity index (χ2n) is 1.61. The number of hydrogen-bond acceptors (Lipinski definition) is 1. The second kappa shape index (κ2) is 4.28. The molecule has 0 unspecified atom stereocenters. The zero-order chi connectivity index (χ0) is 8.15. The van der Waals surface area contributed by atoms with Crippen LogP contribution in [0.15, 0.2) is 34.8 Å². The van der Waals surface area contributed by atoms with Gasteiger partial charge in [-0.2, -0.15) is 0 Å². The molecule has 1 nitrogen and oxygen atoms in total. The zero-order valence-corrected chi connectivity index (χ0v) is 7.15. The minimum Gasteiger partial charge on any atom is -0.505 e. The minimum absolute atomic E-state index is 0.413. The van der Waals surface area contributed by atoms with Crippen molar-refractivity contribution in [2.24, 2.45) is 0 Å². The van der Waals surface area contributed by atoms with E-state index in [0.29, 0.717) is 4.48 Å². The van der Waals surface area contributed by atoms with Crippen LogP contribution in [-0.4, -0.2) is 5.11 Å². The van der Waals surface area contributed by atoms with Crippen molar-refractivity contribution in [2.45, 2.75) is 6.92 Å². The number of allylic oxidation sites excluding steroid dienone is 4. The molecular weight excluding hydrogens is 199 g/mol. The predicted octanol–water partition coefficient (Wildman–Crippen LogP) is 3.21. The molecule has 0 saturated heterocycles. The smallest absolute Gasteiger partial charge is 0.160 e. The van der Waals surface area contributed by atoms with Gasteiger partial charge in [0.2, 0.25) is 0 Å². The lowest BCUT2D eigenvalue weighted by atomic mass is 10.4. The summed E-state index contributed by atoms with van der Waals surface area (Å²) < 4.78 is 12.8. The molecule has 10 heavy (non-hydrogen) atoms. The lowest BCUT2D eigenvalue weighted by Gasteiger charge is -1.92. The van der Waals surface area contributed by atoms with Gasteiger partial charge >= 0.3 is 0 Å². The van der Waals surface area contributed by atoms with Gasteiger partial charge in [-0.15, -0.1) is 0 Å². The van der Waals surface area contributed by atoms with Crippen LogP contribution < -0.4 is 0 Å². The summed E-state index contributed by atoms with van der Waals surface area (Å²) in [5.74, 6) is -1.06. The Bertz CT molecular complexity index is 194. The summed E-state index contributed by atoms with van der Waals surface area (Å²) in [5, 5.41) is 8.82. The van der Waals surface area contributed by atoms with Crippen molar-refractivity contribution in [3.8, 4) is 0 Å². The van der Waals surface area contributed by atoms with Crippen molar-refractivity contribution >= 4 is 15.9 Å². The molecule has 0 rings (SSSR count). The van der Waals surface area contributed by atoms with E-state index in [2.05, 4.69) is 22.5 Å². The first-order chi connectivity index (χ1) is 4.57. The van der Waals surface area contributed by atoms with Crippen molar-refractivity contribution in [1.82, 2.24) is 0 Å². The molecule has 0 aliphatic carbocycles. The van der Waals surface area contributed by atoms with E-state index in [0.717, 1.165) is 0 Å². The molecule has 0 aliphatic heterocycles. The van der Waals surface area contributed by atoms with Gasteiger partial charge < -0.3 is 5.11 Å². The molecule has 0 fully saturated rings. The molecule has 0 radical (unpaired) electrons. The normalized spacial score (nSPS) is 13.5. The molecule has 1 N–H and O–H groups in total. The van der Waals surface area contributed by atoms with Gasteiger partial charge in [-0.25, -0.2) is 4.39 Å². The van der Waals surface area contributed by atoms with Crippen LogP contribution in [0, 0.1) is 0 Å². The highest BCUT2D eigenvalue weighted by molar-refractivity contribution is 9.11. The largest absolute Gasteiger partial charge is 0.505 e. The fraction of sp³-hybridized carbons (Fsp3) is 0.143. The Morgan fingerprint density at radius 1 is 1.70 bits per heavy atom. The Hall–Kier alpha value is -0.570. The lowest BCUT2D eigenvalue weighted by molar-refractivity contribution is 0.389. The molecule has 0 atom stereocenters. The molecule has 0 aromatic rings. The van der Waals surface area contributed by atoms with Crippen molar-refractivity contribution in [3.63, 3.8) is 0 Å². The zero-order valence-electron chi connectivity index (χ0n) is 5.56. The first kappa shape index (κ1) is 9.43. The first-order valence-electron chi connectivity index (χ1n) is 2.65. The molecule has 0 saturated carbocycles. The van der Waals surface area contributed by atoms with Gasteiger partial charge in [-0.3, -0.25) is 0 Å². The minimum atomic E-state index is -0.652. The summed E-state index contributed by atoms with van der Waals surface area (Å²) in [5.41, 5.74) is 0. The lowest BCUT2D eigenvalue weighted by Crippen LogP contribution is -1.80. The highest BCUT2D eigenvalue weighted by Gasteiger charge is 1.97. The van der Waals surface area contributed by atoms with Crippen molar-refractivity contribution in [1.29, 1.82) is 0 Å². The summed E-state index contributed by atoms with van der Waals surface area (Å²) in [6.45, 7) is 4.89. The summed E-state index contributed by atoms with van der Waals surface area (Å²) in [7, 11) is 0. The number of halogens is 2. The third kappa shape index (κ3) is 3.45. The van der Waals surface area contributed by atoms with E-state index in [1.807, 2.05) is 0 Å². The highest BCUT2D eigenvalue weighted by Crippen LogP contribution is 2.12. The Balaban J connectivity index is 4.35. The maximum Gasteiger partial charge on any atom is 0.160 e. The van der Waals surface area contributed by atoms with E-state index in [-0.39, 0.29) is 0 Å². The summed E-state index contributed by atoms with van der Waals surface area (Å²) in [6.07, 6.45) is 2.36. The van der Waals surface area contributed by atoms with Crippen LogP contribution in [0.3, 0.4) is 0 Å². The number of rotatable bonds is 2. The maximum absolute atomic E-state index is 12.4. The Labute approximate surface area is 67.7 Å². The molecule has 56 valence electrons. The van der Waals surface area contributed by atoms with Crippen LogP contribution in [0.4, 0.5) is 4.39 Å². The monoisotopic (exact) mass is 206 g/mol. The van der Waals surface area contributed by atoms with E-state index < -0.39 is 11.6 Å². The van der Waals surface area contributed by atoms with E-state index in [1.54, 1.807) is 0 Å². The van der Waals surface area contributed by atoms with Gasteiger partial charge in [0.05, 0.1) is 0 Å². The van der Waals surface area contributed by atoms with Crippen LogP contribution in [0.1, 0.15) is 6.92 Å². The van der Waals surface area contributed by atoms with Crippen molar-refractivity contribution in [3.05, 3.63) is 34.8 Å². The quantitative estimate of drug-likeness (QED) is 0.544. The maximum atomic E-state index is 12.4. The Kier molecular flexibility index (Phi) is 4.03. The first-order valence-corrected chi connectivity index (χ1v) is 3.44. The van der Waals surface area contributed by atoms with Gasteiger partial charge in [-0.1, -0.05) is 22.5 Å². The fourth-order valence-corrected chi connectivity index (χ4v) is 0.582. The van der Waals surface area contributed by atoms with E-state index in [1.165, 1.54) is 19.1 Å². The van der Waals surface area contributed by atoms with E-state index >= 15 is 0 Å². The van der Waals surface area contributed by atoms with Crippen LogP contribution in [-0.2, 0) is 0 Å². The van der Waals surface area contributed by atoms with Gasteiger partial charge in [-0.05, 0) is 19.1 Å². The Morgan fingerprint density at radius 2 is 2.20 bits per heavy atom. The number of aliphatic hydroxyl groups excluding tert-OH is 1. The molecular formula is C7H8BrFO. The molecule has 0 aromatic carbocycles. The molecule has 0 heterocycles. The predicted molar refractivity (Wildman–Crippen MR) is 43.6 cm³/mol. The van der Waals surface area contributed by atoms with Crippen molar-refractivity contribution < 1.29 is 9.50 Å². The van der Waals surface area contributed by atoms with Crippen LogP contribution >= 0.6 is 15.9 Å². The summed E-state index contributed by atoms with van der Waals surface area (Å²) in [4.78, 5) is 0. The number of hydrogen-bond donors (Lipinski definition) is 1. The molecule has 0 aromatic heterocycles. The Morgan fingerprint density at radius 3 is 2.50 bits per heavy atom. The summed E-state index contributed by atoms with van der Waals surface area (Å²) >= 11 is 2.95. The third-order valence-electron chi connectivity index (χ3n) is 0.791. The van der Waals surface area contributed by atoms with E-state index in [4.69, 9.17) is 5.11 Å². The van der Waals surface area contributed by atoms with E-state index in [9.17, 15) is 4.39 Å². The van der Waals surface area contributed by atoms with Crippen molar-refractivity contribution in [2.75, 3.05) is 0 Å². The van der Waals surface area contributed by atoms with Crippen LogP contribution in [0.5, 0.6) is 0 Å². The van der Waals surface area contributed by atoms with Gasteiger partial charge in [0.1, 0.15) is 0 Å². The van der Waals surface area contributed by atoms with Crippen LogP contribution in [0.25, 0.3) is 0 Å². The standard InChI is InChI=1S/C7H8BrFO/c1-3-6(9)7(10)4-5(2)8/h3-4,10H,2H2,1H3/b6-3+,7-4+. The topological polar surface area (TPSA) is 20.2 Å². The number of aliphatic hydroxyl groups is 1. The molecule has 0 amide bonds. The van der Waals surface area contributed by atoms with Gasteiger partial charge in [0.15, 0.2) is 11.6 Å². The summed E-state index contributed by atoms with van der Waals surface area (Å²) in [6, 6.07) is 0. The molecule has 0 spiro atoms. The average Bonchev–Trinajstić information content (AvgIpc) is 1.85. The fourth-order valence-electron chi connectivity index (χ4n) is 0.365.